The highest BCUT2D eigenvalue weighted by Crippen LogP contribution is 2.15. The molecular weight excluding hydrogens is 247 g/mol. The molecule has 0 aliphatic carbocycles. The molecule has 2 rings (SSSR count). The van der Waals surface area contributed by atoms with E-state index in [2.05, 4.69) is 4.74 Å². The summed E-state index contributed by atoms with van der Waals surface area (Å²) in [5, 5.41) is 0. The van der Waals surface area contributed by atoms with Crippen LogP contribution in [-0.2, 0) is 11.3 Å². The second kappa shape index (κ2) is 6.00. The number of rotatable bonds is 4. The molecule has 0 N–H and O–H groups in total. The smallest absolute Gasteiger partial charge is 0.337 e. The molecule has 19 heavy (non-hydrogen) atoms. The lowest BCUT2D eigenvalue weighted by Gasteiger charge is -2.07. The van der Waals surface area contributed by atoms with Crippen molar-refractivity contribution in [3.8, 4) is 5.75 Å². The van der Waals surface area contributed by atoms with Gasteiger partial charge >= 0.3 is 5.97 Å². The van der Waals surface area contributed by atoms with E-state index in [0.29, 0.717) is 11.3 Å². The van der Waals surface area contributed by atoms with Crippen molar-refractivity contribution >= 4 is 5.97 Å². The molecule has 2 aromatic carbocycles. The standard InChI is InChI=1S/C15H13FO3/c1-18-15(17)12-5-2-4-11(8-12)10-19-14-7-3-6-13(16)9-14/h2-9H,10H2,1H3. The second-order valence-corrected chi connectivity index (χ2v) is 3.94. The molecule has 0 aliphatic heterocycles. The van der Waals surface area contributed by atoms with Crippen LogP contribution in [0.1, 0.15) is 15.9 Å². The molecule has 4 heteroatoms. The summed E-state index contributed by atoms with van der Waals surface area (Å²) in [6.07, 6.45) is 0. The van der Waals surface area contributed by atoms with Crippen molar-refractivity contribution in [2.24, 2.45) is 0 Å². The first-order valence-electron chi connectivity index (χ1n) is 5.74. The van der Waals surface area contributed by atoms with Gasteiger partial charge in [-0.25, -0.2) is 9.18 Å². The molecular formula is C15H13FO3. The van der Waals surface area contributed by atoms with E-state index in [0.717, 1.165) is 5.56 Å². The number of esters is 1. The van der Waals surface area contributed by atoms with Gasteiger partial charge in [-0.05, 0) is 29.8 Å². The van der Waals surface area contributed by atoms with Crippen molar-refractivity contribution in [2.75, 3.05) is 7.11 Å². The number of hydrogen-bond acceptors (Lipinski definition) is 3. The topological polar surface area (TPSA) is 35.5 Å². The first kappa shape index (κ1) is 13.1. The number of ether oxygens (including phenoxy) is 2. The summed E-state index contributed by atoms with van der Waals surface area (Å²) in [4.78, 5) is 11.4. The van der Waals surface area contributed by atoms with Gasteiger partial charge in [-0.1, -0.05) is 18.2 Å². The van der Waals surface area contributed by atoms with E-state index in [1.54, 1.807) is 30.3 Å². The molecule has 0 spiro atoms. The van der Waals surface area contributed by atoms with Crippen molar-refractivity contribution in [1.82, 2.24) is 0 Å². The lowest BCUT2D eigenvalue weighted by molar-refractivity contribution is 0.0600. The van der Waals surface area contributed by atoms with Crippen LogP contribution in [-0.4, -0.2) is 13.1 Å². The van der Waals surface area contributed by atoms with Crippen molar-refractivity contribution in [3.05, 3.63) is 65.5 Å². The highest BCUT2D eigenvalue weighted by atomic mass is 19.1. The van der Waals surface area contributed by atoms with Crippen molar-refractivity contribution in [2.45, 2.75) is 6.61 Å². The number of methoxy groups -OCH3 is 1. The summed E-state index contributed by atoms with van der Waals surface area (Å²) in [6, 6.07) is 12.8. The van der Waals surface area contributed by atoms with Gasteiger partial charge in [-0.15, -0.1) is 0 Å². The minimum Gasteiger partial charge on any atom is -0.489 e. The Kier molecular flexibility index (Phi) is 4.13. The van der Waals surface area contributed by atoms with Crippen LogP contribution < -0.4 is 4.74 Å². The highest BCUT2D eigenvalue weighted by molar-refractivity contribution is 5.89. The fourth-order valence-electron chi connectivity index (χ4n) is 1.63. The summed E-state index contributed by atoms with van der Waals surface area (Å²) in [6.45, 7) is 0.258. The normalized spacial score (nSPS) is 10.0. The largest absolute Gasteiger partial charge is 0.489 e. The summed E-state index contributed by atoms with van der Waals surface area (Å²) in [7, 11) is 1.33. The zero-order valence-electron chi connectivity index (χ0n) is 10.4. The van der Waals surface area contributed by atoms with Crippen molar-refractivity contribution < 1.29 is 18.7 Å². The minimum absolute atomic E-state index is 0.258. The number of carbonyl (C=O) groups excluding carboxylic acids is 1. The fourth-order valence-corrected chi connectivity index (χ4v) is 1.63. The Morgan fingerprint density at radius 1 is 1.16 bits per heavy atom. The van der Waals surface area contributed by atoms with Crippen LogP contribution in [0, 0.1) is 5.82 Å². The maximum Gasteiger partial charge on any atom is 0.337 e. The number of carbonyl (C=O) groups is 1. The van der Waals surface area contributed by atoms with Crippen LogP contribution in [0.3, 0.4) is 0 Å². The Balaban J connectivity index is 2.05. The molecule has 3 nitrogen and oxygen atoms in total. The predicted octanol–water partition coefficient (Wildman–Crippen LogP) is 3.19. The Morgan fingerprint density at radius 3 is 2.68 bits per heavy atom. The van der Waals surface area contributed by atoms with Gasteiger partial charge in [0.15, 0.2) is 0 Å². The third kappa shape index (κ3) is 3.55. The molecule has 0 saturated carbocycles. The maximum atomic E-state index is 13.0. The van der Waals surface area contributed by atoms with E-state index in [9.17, 15) is 9.18 Å². The number of halogens is 1. The molecule has 0 unspecified atom stereocenters. The average Bonchev–Trinajstić information content (AvgIpc) is 2.45. The van der Waals surface area contributed by atoms with Gasteiger partial charge in [0.1, 0.15) is 18.2 Å². The summed E-state index contributed by atoms with van der Waals surface area (Å²) < 4.78 is 23.1. The lowest BCUT2D eigenvalue weighted by atomic mass is 10.1. The minimum atomic E-state index is -0.396. The zero-order valence-corrected chi connectivity index (χ0v) is 10.4. The van der Waals surface area contributed by atoms with E-state index in [1.165, 1.54) is 19.2 Å². The second-order valence-electron chi connectivity index (χ2n) is 3.94. The molecule has 0 amide bonds. The van der Waals surface area contributed by atoms with Crippen LogP contribution in [0.15, 0.2) is 48.5 Å². The van der Waals surface area contributed by atoms with Crippen LogP contribution in [0.25, 0.3) is 0 Å². The molecule has 0 radical (unpaired) electrons. The third-order valence-corrected chi connectivity index (χ3v) is 2.55. The lowest BCUT2D eigenvalue weighted by Crippen LogP contribution is -2.03. The molecule has 2 aromatic rings. The van der Waals surface area contributed by atoms with Crippen LogP contribution in [0.4, 0.5) is 4.39 Å². The van der Waals surface area contributed by atoms with Crippen molar-refractivity contribution in [1.29, 1.82) is 0 Å². The van der Waals surface area contributed by atoms with Gasteiger partial charge in [-0.2, -0.15) is 0 Å². The molecule has 0 bridgehead atoms. The third-order valence-electron chi connectivity index (χ3n) is 2.55. The Hall–Kier alpha value is -2.36. The quantitative estimate of drug-likeness (QED) is 0.792. The molecule has 98 valence electrons. The Morgan fingerprint density at radius 2 is 1.95 bits per heavy atom. The zero-order chi connectivity index (χ0) is 13.7. The van der Waals surface area contributed by atoms with Gasteiger partial charge in [0.25, 0.3) is 0 Å². The SMILES string of the molecule is COC(=O)c1cccc(COc2cccc(F)c2)c1. The monoisotopic (exact) mass is 260 g/mol. The highest BCUT2D eigenvalue weighted by Gasteiger charge is 2.06. The molecule has 0 atom stereocenters. The summed E-state index contributed by atoms with van der Waals surface area (Å²) >= 11 is 0. The van der Waals surface area contributed by atoms with Gasteiger partial charge in [0, 0.05) is 6.07 Å². The van der Waals surface area contributed by atoms with Gasteiger partial charge in [0.05, 0.1) is 12.7 Å². The van der Waals surface area contributed by atoms with Crippen LogP contribution >= 0.6 is 0 Å². The van der Waals surface area contributed by atoms with E-state index in [-0.39, 0.29) is 12.4 Å². The van der Waals surface area contributed by atoms with Crippen LogP contribution in [0.2, 0.25) is 0 Å². The molecule has 0 saturated heterocycles. The summed E-state index contributed by atoms with van der Waals surface area (Å²) in [5.74, 6) is -0.295. The first-order valence-corrected chi connectivity index (χ1v) is 5.74. The average molecular weight is 260 g/mol. The Labute approximate surface area is 110 Å². The van der Waals surface area contributed by atoms with Gasteiger partial charge in [-0.3, -0.25) is 0 Å². The Bertz CT molecular complexity index is 581. The van der Waals surface area contributed by atoms with Crippen LogP contribution in [0.5, 0.6) is 5.75 Å². The van der Waals surface area contributed by atoms with Gasteiger partial charge in [0.2, 0.25) is 0 Å². The van der Waals surface area contributed by atoms with E-state index >= 15 is 0 Å². The molecule has 0 fully saturated rings. The van der Waals surface area contributed by atoms with E-state index < -0.39 is 5.97 Å². The summed E-state index contributed by atoms with van der Waals surface area (Å²) in [5.41, 5.74) is 1.27. The maximum absolute atomic E-state index is 13.0. The van der Waals surface area contributed by atoms with E-state index in [4.69, 9.17) is 4.74 Å². The van der Waals surface area contributed by atoms with Crippen molar-refractivity contribution in [3.63, 3.8) is 0 Å². The molecule has 0 heterocycles. The fraction of sp³-hybridized carbons (Fsp3) is 0.133. The molecule has 0 aliphatic rings. The first-order chi connectivity index (χ1) is 9.19. The number of hydrogen-bond donors (Lipinski definition) is 0. The van der Waals surface area contributed by atoms with E-state index in [1.807, 2.05) is 6.07 Å². The van der Waals surface area contributed by atoms with Gasteiger partial charge < -0.3 is 9.47 Å². The number of benzene rings is 2. The molecule has 0 aromatic heterocycles. The predicted molar refractivity (Wildman–Crippen MR) is 68.5 cm³/mol.